The lowest BCUT2D eigenvalue weighted by Gasteiger charge is -2.03. The molecule has 0 aliphatic rings. The largest absolute Gasteiger partial charge is 0.262 e. The number of hydrogen-bond acceptors (Lipinski definition) is 4. The first kappa shape index (κ1) is 10.7. The average molecular weight is 230 g/mol. The summed E-state index contributed by atoms with van der Waals surface area (Å²) < 4.78 is 0. The van der Waals surface area contributed by atoms with E-state index in [2.05, 4.69) is 21.3 Å². The molecule has 1 N–H and O–H groups in total. The Morgan fingerprint density at radius 3 is 2.81 bits per heavy atom. The number of aromatic nitrogens is 3. The highest BCUT2D eigenvalue weighted by molar-refractivity contribution is 7.99. The van der Waals surface area contributed by atoms with E-state index < -0.39 is 0 Å². The fourth-order valence-electron chi connectivity index (χ4n) is 1.34. The maximum atomic E-state index is 9.01. The molecule has 0 saturated carbocycles. The molecule has 2 aromatic rings. The zero-order valence-corrected chi connectivity index (χ0v) is 9.80. The van der Waals surface area contributed by atoms with Gasteiger partial charge in [0.05, 0.1) is 5.56 Å². The van der Waals surface area contributed by atoms with E-state index in [1.54, 1.807) is 6.07 Å². The van der Waals surface area contributed by atoms with Gasteiger partial charge in [-0.25, -0.2) is 4.98 Å². The number of nitrogens with zero attached hydrogens (tertiary/aromatic N) is 3. The van der Waals surface area contributed by atoms with Crippen LogP contribution in [-0.2, 0) is 0 Å². The Morgan fingerprint density at radius 1 is 1.38 bits per heavy atom. The fraction of sp³-hybridized carbons (Fsp3) is 0.182. The van der Waals surface area contributed by atoms with Gasteiger partial charge in [-0.2, -0.15) is 5.26 Å². The molecule has 1 heterocycles. The summed E-state index contributed by atoms with van der Waals surface area (Å²) in [6, 6.07) is 7.83. The molecule has 1 aromatic carbocycles. The molecule has 0 spiro atoms. The van der Waals surface area contributed by atoms with Gasteiger partial charge in [0.2, 0.25) is 5.16 Å². The number of aromatic amines is 1. The van der Waals surface area contributed by atoms with Gasteiger partial charge in [-0.1, -0.05) is 12.1 Å². The smallest absolute Gasteiger partial charge is 0.213 e. The van der Waals surface area contributed by atoms with Crippen LogP contribution in [0.15, 0.2) is 28.3 Å². The first-order valence-electron chi connectivity index (χ1n) is 4.77. The minimum atomic E-state index is 0.642. The molecular weight excluding hydrogens is 220 g/mol. The Kier molecular flexibility index (Phi) is 2.93. The Bertz CT molecular complexity index is 553. The van der Waals surface area contributed by atoms with E-state index in [0.29, 0.717) is 10.7 Å². The van der Waals surface area contributed by atoms with Crippen LogP contribution in [0.5, 0.6) is 0 Å². The van der Waals surface area contributed by atoms with Crippen molar-refractivity contribution in [2.45, 2.75) is 23.9 Å². The molecule has 4 nitrogen and oxygen atoms in total. The highest BCUT2D eigenvalue weighted by atomic mass is 32.2. The van der Waals surface area contributed by atoms with Gasteiger partial charge in [0, 0.05) is 4.90 Å². The van der Waals surface area contributed by atoms with Crippen molar-refractivity contribution in [3.63, 3.8) is 0 Å². The van der Waals surface area contributed by atoms with E-state index in [1.165, 1.54) is 11.8 Å². The lowest BCUT2D eigenvalue weighted by Crippen LogP contribution is -1.86. The molecule has 0 atom stereocenters. The number of nitrogens with one attached hydrogen (secondary N) is 1. The Hall–Kier alpha value is -1.80. The number of benzene rings is 1. The molecule has 16 heavy (non-hydrogen) atoms. The van der Waals surface area contributed by atoms with Crippen molar-refractivity contribution in [2.75, 3.05) is 0 Å². The maximum absolute atomic E-state index is 9.01. The number of H-pyrrole nitrogens is 1. The highest BCUT2D eigenvalue weighted by Gasteiger charge is 2.09. The molecule has 0 saturated heterocycles. The molecule has 0 bridgehead atoms. The third kappa shape index (κ3) is 2.07. The molecule has 2 rings (SSSR count). The monoisotopic (exact) mass is 230 g/mol. The second-order valence-corrected chi connectivity index (χ2v) is 4.35. The summed E-state index contributed by atoms with van der Waals surface area (Å²) in [6.07, 6.45) is 0. The van der Waals surface area contributed by atoms with Crippen molar-refractivity contribution < 1.29 is 0 Å². The number of nitriles is 1. The van der Waals surface area contributed by atoms with E-state index in [1.807, 2.05) is 26.0 Å². The third-order valence-corrected chi connectivity index (χ3v) is 3.21. The summed E-state index contributed by atoms with van der Waals surface area (Å²) in [5.74, 6) is 0.773. The van der Waals surface area contributed by atoms with Crippen molar-refractivity contribution >= 4 is 11.8 Å². The Balaban J connectivity index is 2.38. The molecule has 0 unspecified atom stereocenters. The molecule has 0 aliphatic carbocycles. The van der Waals surface area contributed by atoms with Gasteiger partial charge in [0.25, 0.3) is 0 Å². The highest BCUT2D eigenvalue weighted by Crippen LogP contribution is 2.30. The summed E-state index contributed by atoms with van der Waals surface area (Å²) in [6.45, 7) is 3.82. The molecule has 1 aromatic heterocycles. The van der Waals surface area contributed by atoms with Crippen molar-refractivity contribution in [1.29, 1.82) is 5.26 Å². The van der Waals surface area contributed by atoms with Crippen LogP contribution in [0, 0.1) is 25.2 Å². The van der Waals surface area contributed by atoms with Crippen molar-refractivity contribution in [1.82, 2.24) is 15.2 Å². The van der Waals surface area contributed by atoms with E-state index in [0.717, 1.165) is 16.3 Å². The molecule has 0 fully saturated rings. The van der Waals surface area contributed by atoms with Gasteiger partial charge in [-0.15, -0.1) is 5.10 Å². The molecule has 80 valence electrons. The second kappa shape index (κ2) is 4.37. The number of rotatable bonds is 2. The van der Waals surface area contributed by atoms with Crippen LogP contribution in [-0.4, -0.2) is 15.2 Å². The third-order valence-electron chi connectivity index (χ3n) is 2.10. The second-order valence-electron chi connectivity index (χ2n) is 3.37. The standard InChI is InChI=1S/C11H10N4S/c1-7-4-3-5-9(6-12)10(7)16-11-13-8(2)14-15-11/h3-5H,1-2H3,(H,13,14,15). The lowest BCUT2D eigenvalue weighted by atomic mass is 10.1. The SMILES string of the molecule is Cc1nc(Sc2c(C)cccc2C#N)n[nH]1. The predicted molar refractivity (Wildman–Crippen MR) is 61.1 cm³/mol. The number of hydrogen-bond donors (Lipinski definition) is 1. The van der Waals surface area contributed by atoms with Crippen molar-refractivity contribution in [3.05, 3.63) is 35.2 Å². The van der Waals surface area contributed by atoms with E-state index in [4.69, 9.17) is 5.26 Å². The number of aryl methyl sites for hydroxylation is 2. The van der Waals surface area contributed by atoms with Crippen LogP contribution in [0.4, 0.5) is 0 Å². The maximum Gasteiger partial charge on any atom is 0.213 e. The molecule has 0 aliphatic heterocycles. The van der Waals surface area contributed by atoms with E-state index in [-0.39, 0.29) is 0 Å². The molecule has 0 radical (unpaired) electrons. The van der Waals surface area contributed by atoms with Gasteiger partial charge in [-0.05, 0) is 37.2 Å². The molecule has 0 amide bonds. The Labute approximate surface area is 97.7 Å². The summed E-state index contributed by atoms with van der Waals surface area (Å²) in [4.78, 5) is 5.13. The fourth-order valence-corrected chi connectivity index (χ4v) is 2.24. The van der Waals surface area contributed by atoms with Gasteiger partial charge in [-0.3, -0.25) is 5.10 Å². The van der Waals surface area contributed by atoms with Crippen LogP contribution in [0.1, 0.15) is 17.0 Å². The molecule has 5 heteroatoms. The minimum Gasteiger partial charge on any atom is -0.262 e. The quantitative estimate of drug-likeness (QED) is 0.860. The van der Waals surface area contributed by atoms with Crippen LogP contribution in [0.3, 0.4) is 0 Å². The van der Waals surface area contributed by atoms with Crippen LogP contribution < -0.4 is 0 Å². The Morgan fingerprint density at radius 2 is 2.19 bits per heavy atom. The van der Waals surface area contributed by atoms with Crippen molar-refractivity contribution in [3.8, 4) is 6.07 Å². The molecular formula is C11H10N4S. The predicted octanol–water partition coefficient (Wildman–Crippen LogP) is 2.44. The van der Waals surface area contributed by atoms with Gasteiger partial charge >= 0.3 is 0 Å². The summed E-state index contributed by atoms with van der Waals surface area (Å²) in [5, 5.41) is 16.5. The first-order chi connectivity index (χ1) is 7.70. The van der Waals surface area contributed by atoms with Crippen LogP contribution >= 0.6 is 11.8 Å². The average Bonchev–Trinajstić information content (AvgIpc) is 2.67. The zero-order chi connectivity index (χ0) is 11.5. The summed E-state index contributed by atoms with van der Waals surface area (Å²) in [7, 11) is 0. The van der Waals surface area contributed by atoms with Gasteiger partial charge < -0.3 is 0 Å². The van der Waals surface area contributed by atoms with Gasteiger partial charge in [0.15, 0.2) is 0 Å². The lowest BCUT2D eigenvalue weighted by molar-refractivity contribution is 0.968. The summed E-state index contributed by atoms with van der Waals surface area (Å²) in [5.41, 5.74) is 1.72. The zero-order valence-electron chi connectivity index (χ0n) is 8.98. The topological polar surface area (TPSA) is 65.4 Å². The van der Waals surface area contributed by atoms with E-state index in [9.17, 15) is 0 Å². The summed E-state index contributed by atoms with van der Waals surface area (Å²) >= 11 is 1.41. The van der Waals surface area contributed by atoms with Crippen LogP contribution in [0.25, 0.3) is 0 Å². The van der Waals surface area contributed by atoms with Crippen molar-refractivity contribution in [2.24, 2.45) is 0 Å². The minimum absolute atomic E-state index is 0.642. The van der Waals surface area contributed by atoms with E-state index >= 15 is 0 Å². The first-order valence-corrected chi connectivity index (χ1v) is 5.59. The van der Waals surface area contributed by atoms with Crippen LogP contribution in [0.2, 0.25) is 0 Å². The normalized spacial score (nSPS) is 10.1. The van der Waals surface area contributed by atoms with Gasteiger partial charge in [0.1, 0.15) is 11.9 Å².